The second-order valence-corrected chi connectivity index (χ2v) is 7.03. The summed E-state index contributed by atoms with van der Waals surface area (Å²) in [5, 5.41) is 3.56. The summed E-state index contributed by atoms with van der Waals surface area (Å²) in [6.07, 6.45) is 3.65. The molecular formula is C17H18BrClN4O. The zero-order valence-corrected chi connectivity index (χ0v) is 15.4. The molecule has 2 aromatic rings. The zero-order chi connectivity index (χ0) is 16.9. The number of nitrogens with one attached hydrogen (secondary N) is 1. The van der Waals surface area contributed by atoms with Crippen LogP contribution in [0.3, 0.4) is 0 Å². The van der Waals surface area contributed by atoms with Crippen LogP contribution in [-0.4, -0.2) is 48.5 Å². The summed E-state index contributed by atoms with van der Waals surface area (Å²) in [5.41, 5.74) is 1.87. The van der Waals surface area contributed by atoms with Crippen molar-refractivity contribution in [3.63, 3.8) is 0 Å². The first-order chi connectivity index (χ1) is 11.6. The highest BCUT2D eigenvalue weighted by atomic mass is 79.9. The average Bonchev–Trinajstić information content (AvgIpc) is 2.58. The summed E-state index contributed by atoms with van der Waals surface area (Å²) in [7, 11) is 0. The van der Waals surface area contributed by atoms with Crippen LogP contribution in [0.1, 0.15) is 0 Å². The second-order valence-electron chi connectivity index (χ2n) is 5.68. The Balaban J connectivity index is 1.48. The summed E-state index contributed by atoms with van der Waals surface area (Å²) in [5.74, 6) is -0.00473. The van der Waals surface area contributed by atoms with E-state index in [9.17, 15) is 4.79 Å². The maximum absolute atomic E-state index is 12.1. The van der Waals surface area contributed by atoms with E-state index >= 15 is 0 Å². The minimum absolute atomic E-state index is 0.00473. The SMILES string of the molecule is O=C(CN1CCN(c2cncc(Br)c2)CC1)Nc1ccc(Cl)cc1. The van der Waals surface area contributed by atoms with Gasteiger partial charge in [-0.2, -0.15) is 0 Å². The number of hydrogen-bond donors (Lipinski definition) is 1. The molecule has 1 fully saturated rings. The number of piperazine rings is 1. The molecule has 2 heterocycles. The molecule has 0 atom stereocenters. The Morgan fingerprint density at radius 3 is 2.54 bits per heavy atom. The Kier molecular flexibility index (Phi) is 5.71. The van der Waals surface area contributed by atoms with Crippen LogP contribution in [0.25, 0.3) is 0 Å². The monoisotopic (exact) mass is 408 g/mol. The fourth-order valence-corrected chi connectivity index (χ4v) is 3.15. The van der Waals surface area contributed by atoms with Crippen molar-refractivity contribution in [2.75, 3.05) is 42.9 Å². The molecular weight excluding hydrogens is 392 g/mol. The van der Waals surface area contributed by atoms with Crippen molar-refractivity contribution in [1.82, 2.24) is 9.88 Å². The Labute approximate surface area is 154 Å². The Hall–Kier alpha value is -1.63. The molecule has 3 rings (SSSR count). The standard InChI is InChI=1S/C17H18BrClN4O/c18-13-9-16(11-20-10-13)23-7-5-22(6-8-23)12-17(24)21-15-3-1-14(19)2-4-15/h1-4,9-11H,5-8,12H2,(H,21,24). The number of hydrogen-bond acceptors (Lipinski definition) is 4. The first-order valence-corrected chi connectivity index (χ1v) is 8.90. The lowest BCUT2D eigenvalue weighted by atomic mass is 10.2. The van der Waals surface area contributed by atoms with Gasteiger partial charge in [-0.05, 0) is 46.3 Å². The Bertz CT molecular complexity index is 702. The number of benzene rings is 1. The third-order valence-electron chi connectivity index (χ3n) is 3.92. The number of aromatic nitrogens is 1. The van der Waals surface area contributed by atoms with Gasteiger partial charge in [0.1, 0.15) is 0 Å². The molecule has 0 unspecified atom stereocenters. The number of anilines is 2. The maximum Gasteiger partial charge on any atom is 0.238 e. The normalized spacial score (nSPS) is 15.3. The van der Waals surface area contributed by atoms with E-state index in [-0.39, 0.29) is 5.91 Å². The van der Waals surface area contributed by atoms with Gasteiger partial charge in [0.2, 0.25) is 5.91 Å². The van der Waals surface area contributed by atoms with Crippen LogP contribution in [0, 0.1) is 0 Å². The molecule has 5 nitrogen and oxygen atoms in total. The van der Waals surface area contributed by atoms with Crippen molar-refractivity contribution in [2.24, 2.45) is 0 Å². The van der Waals surface area contributed by atoms with Crippen LogP contribution in [0.4, 0.5) is 11.4 Å². The summed E-state index contributed by atoms with van der Waals surface area (Å²) in [6, 6.07) is 9.21. The van der Waals surface area contributed by atoms with Crippen LogP contribution < -0.4 is 10.2 Å². The van der Waals surface area contributed by atoms with Gasteiger partial charge < -0.3 is 10.2 Å². The molecule has 1 aromatic heterocycles. The number of nitrogens with zero attached hydrogens (tertiary/aromatic N) is 3. The fraction of sp³-hybridized carbons (Fsp3) is 0.294. The third kappa shape index (κ3) is 4.69. The van der Waals surface area contributed by atoms with Gasteiger partial charge in [0.05, 0.1) is 18.4 Å². The van der Waals surface area contributed by atoms with Crippen molar-refractivity contribution >= 4 is 44.8 Å². The van der Waals surface area contributed by atoms with Crippen LogP contribution in [-0.2, 0) is 4.79 Å². The highest BCUT2D eigenvalue weighted by Gasteiger charge is 2.19. The number of carbonyl (C=O) groups is 1. The van der Waals surface area contributed by atoms with E-state index in [1.807, 2.05) is 6.20 Å². The second kappa shape index (κ2) is 7.96. The van der Waals surface area contributed by atoms with Crippen LogP contribution in [0.5, 0.6) is 0 Å². The van der Waals surface area contributed by atoms with E-state index in [2.05, 4.69) is 42.1 Å². The van der Waals surface area contributed by atoms with Crippen molar-refractivity contribution in [3.8, 4) is 0 Å². The first kappa shape index (κ1) is 17.2. The number of carbonyl (C=O) groups excluding carboxylic acids is 1. The van der Waals surface area contributed by atoms with E-state index in [0.717, 1.165) is 42.0 Å². The van der Waals surface area contributed by atoms with Crippen LogP contribution >= 0.6 is 27.5 Å². The lowest BCUT2D eigenvalue weighted by Crippen LogP contribution is -2.48. The molecule has 0 aliphatic carbocycles. The highest BCUT2D eigenvalue weighted by molar-refractivity contribution is 9.10. The van der Waals surface area contributed by atoms with Gasteiger partial charge >= 0.3 is 0 Å². The Morgan fingerprint density at radius 2 is 1.88 bits per heavy atom. The van der Waals surface area contributed by atoms with E-state index < -0.39 is 0 Å². The van der Waals surface area contributed by atoms with Gasteiger partial charge in [-0.3, -0.25) is 14.7 Å². The molecule has 1 aliphatic rings. The van der Waals surface area contributed by atoms with Crippen molar-refractivity contribution in [2.45, 2.75) is 0 Å². The zero-order valence-electron chi connectivity index (χ0n) is 13.1. The fourth-order valence-electron chi connectivity index (χ4n) is 2.67. The summed E-state index contributed by atoms with van der Waals surface area (Å²) < 4.78 is 0.977. The van der Waals surface area contributed by atoms with Gasteiger partial charge in [0.25, 0.3) is 0 Å². The largest absolute Gasteiger partial charge is 0.368 e. The van der Waals surface area contributed by atoms with E-state index in [1.54, 1.807) is 30.5 Å². The molecule has 1 saturated heterocycles. The van der Waals surface area contributed by atoms with Gasteiger partial charge in [0, 0.05) is 47.6 Å². The number of pyridine rings is 1. The number of halogens is 2. The average molecular weight is 410 g/mol. The lowest BCUT2D eigenvalue weighted by Gasteiger charge is -2.35. The smallest absolute Gasteiger partial charge is 0.238 e. The predicted molar refractivity (Wildman–Crippen MR) is 101 cm³/mol. The summed E-state index contributed by atoms with van der Waals surface area (Å²) in [6.45, 7) is 3.85. The van der Waals surface area contributed by atoms with Gasteiger partial charge in [-0.1, -0.05) is 11.6 Å². The summed E-state index contributed by atoms with van der Waals surface area (Å²) >= 11 is 9.29. The van der Waals surface area contributed by atoms with E-state index in [0.29, 0.717) is 11.6 Å². The topological polar surface area (TPSA) is 48.5 Å². The molecule has 126 valence electrons. The molecule has 1 N–H and O–H groups in total. The third-order valence-corrected chi connectivity index (χ3v) is 4.61. The van der Waals surface area contributed by atoms with E-state index in [1.165, 1.54) is 0 Å². The number of rotatable bonds is 4. The van der Waals surface area contributed by atoms with Crippen molar-refractivity contribution < 1.29 is 4.79 Å². The maximum atomic E-state index is 12.1. The lowest BCUT2D eigenvalue weighted by molar-refractivity contribution is -0.117. The van der Waals surface area contributed by atoms with Crippen molar-refractivity contribution in [1.29, 1.82) is 0 Å². The molecule has 7 heteroatoms. The Morgan fingerprint density at radius 1 is 1.17 bits per heavy atom. The van der Waals surface area contributed by atoms with Crippen LogP contribution in [0.2, 0.25) is 5.02 Å². The highest BCUT2D eigenvalue weighted by Crippen LogP contribution is 2.19. The number of amides is 1. The minimum atomic E-state index is -0.00473. The molecule has 0 spiro atoms. The summed E-state index contributed by atoms with van der Waals surface area (Å²) in [4.78, 5) is 20.8. The predicted octanol–water partition coefficient (Wildman–Crippen LogP) is 3.26. The van der Waals surface area contributed by atoms with Gasteiger partial charge in [0.15, 0.2) is 0 Å². The van der Waals surface area contributed by atoms with Gasteiger partial charge in [-0.15, -0.1) is 0 Å². The molecule has 0 saturated carbocycles. The van der Waals surface area contributed by atoms with E-state index in [4.69, 9.17) is 11.6 Å². The van der Waals surface area contributed by atoms with Crippen LogP contribution in [0.15, 0.2) is 47.2 Å². The molecule has 1 aliphatic heterocycles. The molecule has 1 amide bonds. The molecule has 24 heavy (non-hydrogen) atoms. The molecule has 0 radical (unpaired) electrons. The quantitative estimate of drug-likeness (QED) is 0.842. The molecule has 0 bridgehead atoms. The van der Waals surface area contributed by atoms with Gasteiger partial charge in [-0.25, -0.2) is 0 Å². The van der Waals surface area contributed by atoms with Crippen molar-refractivity contribution in [3.05, 3.63) is 52.2 Å². The first-order valence-electron chi connectivity index (χ1n) is 7.73. The molecule has 1 aromatic carbocycles. The minimum Gasteiger partial charge on any atom is -0.368 e.